The first kappa shape index (κ1) is 12.8. The summed E-state index contributed by atoms with van der Waals surface area (Å²) in [6.45, 7) is 5.70. The summed E-state index contributed by atoms with van der Waals surface area (Å²) in [5, 5.41) is 0.517. The van der Waals surface area contributed by atoms with Gasteiger partial charge in [0, 0.05) is 12.2 Å². The minimum absolute atomic E-state index is 0.517. The first-order valence-electron chi connectivity index (χ1n) is 5.99. The molecule has 0 fully saturated rings. The molecule has 2 heterocycles. The molecule has 0 aliphatic carbocycles. The fourth-order valence-corrected chi connectivity index (χ4v) is 1.97. The SMILES string of the molecule is CCN(Cc1cccc(C)n1)c1cccc(Cl)n1. The Labute approximate surface area is 112 Å². The zero-order chi connectivity index (χ0) is 13.0. The van der Waals surface area contributed by atoms with Crippen LogP contribution < -0.4 is 4.90 Å². The van der Waals surface area contributed by atoms with Gasteiger partial charge in [-0.15, -0.1) is 0 Å². The summed E-state index contributed by atoms with van der Waals surface area (Å²) in [6, 6.07) is 11.7. The molecule has 0 aliphatic rings. The molecule has 0 aromatic carbocycles. The quantitative estimate of drug-likeness (QED) is 0.790. The van der Waals surface area contributed by atoms with E-state index in [1.54, 1.807) is 6.07 Å². The molecule has 2 rings (SSSR count). The van der Waals surface area contributed by atoms with Crippen LogP contribution in [0.4, 0.5) is 5.82 Å². The molecule has 0 atom stereocenters. The van der Waals surface area contributed by atoms with Crippen molar-refractivity contribution in [3.05, 3.63) is 52.9 Å². The average Bonchev–Trinajstić information content (AvgIpc) is 2.36. The van der Waals surface area contributed by atoms with E-state index in [0.717, 1.165) is 30.3 Å². The zero-order valence-corrected chi connectivity index (χ0v) is 11.4. The minimum atomic E-state index is 0.517. The maximum absolute atomic E-state index is 5.92. The Morgan fingerprint density at radius 2 is 1.89 bits per heavy atom. The van der Waals surface area contributed by atoms with E-state index < -0.39 is 0 Å². The molecular weight excluding hydrogens is 246 g/mol. The van der Waals surface area contributed by atoms with Crippen LogP contribution in [0.1, 0.15) is 18.3 Å². The van der Waals surface area contributed by atoms with Crippen molar-refractivity contribution in [2.45, 2.75) is 20.4 Å². The maximum Gasteiger partial charge on any atom is 0.131 e. The van der Waals surface area contributed by atoms with Crippen LogP contribution in [0.15, 0.2) is 36.4 Å². The first-order valence-corrected chi connectivity index (χ1v) is 6.37. The molecular formula is C14H16ClN3. The van der Waals surface area contributed by atoms with Crippen LogP contribution in [-0.4, -0.2) is 16.5 Å². The third kappa shape index (κ3) is 3.20. The fourth-order valence-electron chi connectivity index (χ4n) is 1.81. The Balaban J connectivity index is 2.19. The molecule has 94 valence electrons. The van der Waals surface area contributed by atoms with Crippen LogP contribution in [0.3, 0.4) is 0 Å². The summed E-state index contributed by atoms with van der Waals surface area (Å²) in [6.07, 6.45) is 0. The van der Waals surface area contributed by atoms with Crippen LogP contribution in [-0.2, 0) is 6.54 Å². The van der Waals surface area contributed by atoms with Gasteiger partial charge in [-0.2, -0.15) is 0 Å². The number of rotatable bonds is 4. The van der Waals surface area contributed by atoms with Gasteiger partial charge in [0.2, 0.25) is 0 Å². The van der Waals surface area contributed by atoms with Crippen molar-refractivity contribution in [2.75, 3.05) is 11.4 Å². The van der Waals surface area contributed by atoms with Crippen LogP contribution in [0.5, 0.6) is 0 Å². The highest BCUT2D eigenvalue weighted by atomic mass is 35.5. The Bertz CT molecular complexity index is 528. The molecule has 0 N–H and O–H groups in total. The Kier molecular flexibility index (Phi) is 4.15. The van der Waals surface area contributed by atoms with Crippen LogP contribution in [0.2, 0.25) is 5.15 Å². The standard InChI is InChI=1S/C14H16ClN3/c1-3-18(14-9-5-8-13(15)17-14)10-12-7-4-6-11(2)16-12/h4-9H,3,10H2,1-2H3. The predicted octanol–water partition coefficient (Wildman–Crippen LogP) is 3.46. The molecule has 0 spiro atoms. The van der Waals surface area contributed by atoms with Gasteiger partial charge in [-0.1, -0.05) is 23.7 Å². The molecule has 0 aliphatic heterocycles. The van der Waals surface area contributed by atoms with Gasteiger partial charge >= 0.3 is 0 Å². The highest BCUT2D eigenvalue weighted by Gasteiger charge is 2.07. The predicted molar refractivity (Wildman–Crippen MR) is 74.9 cm³/mol. The second kappa shape index (κ2) is 5.83. The van der Waals surface area contributed by atoms with Crippen molar-refractivity contribution in [1.82, 2.24) is 9.97 Å². The Morgan fingerprint density at radius 3 is 2.56 bits per heavy atom. The number of anilines is 1. The lowest BCUT2D eigenvalue weighted by molar-refractivity contribution is 0.791. The Morgan fingerprint density at radius 1 is 1.11 bits per heavy atom. The van der Waals surface area contributed by atoms with E-state index in [0.29, 0.717) is 5.15 Å². The number of nitrogens with zero attached hydrogens (tertiary/aromatic N) is 3. The molecule has 4 heteroatoms. The summed E-state index contributed by atoms with van der Waals surface area (Å²) in [7, 11) is 0. The minimum Gasteiger partial charge on any atom is -0.351 e. The summed E-state index contributed by atoms with van der Waals surface area (Å²) < 4.78 is 0. The number of aromatic nitrogens is 2. The van der Waals surface area contributed by atoms with Crippen molar-refractivity contribution in [3.63, 3.8) is 0 Å². The first-order chi connectivity index (χ1) is 8.69. The molecule has 0 unspecified atom stereocenters. The van der Waals surface area contributed by atoms with Crippen molar-refractivity contribution >= 4 is 17.4 Å². The summed E-state index contributed by atoms with van der Waals surface area (Å²) in [4.78, 5) is 11.0. The summed E-state index contributed by atoms with van der Waals surface area (Å²) in [5.74, 6) is 0.883. The number of hydrogen-bond acceptors (Lipinski definition) is 3. The molecule has 3 nitrogen and oxygen atoms in total. The van der Waals surface area contributed by atoms with E-state index in [1.165, 1.54) is 0 Å². The van der Waals surface area contributed by atoms with Crippen LogP contribution in [0, 0.1) is 6.92 Å². The molecule has 0 saturated heterocycles. The van der Waals surface area contributed by atoms with E-state index in [1.807, 2.05) is 37.3 Å². The lowest BCUT2D eigenvalue weighted by Gasteiger charge is -2.21. The highest BCUT2D eigenvalue weighted by molar-refractivity contribution is 6.29. The van der Waals surface area contributed by atoms with E-state index in [4.69, 9.17) is 11.6 Å². The number of hydrogen-bond donors (Lipinski definition) is 0. The van der Waals surface area contributed by atoms with E-state index in [2.05, 4.69) is 21.8 Å². The molecule has 18 heavy (non-hydrogen) atoms. The van der Waals surface area contributed by atoms with Crippen molar-refractivity contribution in [3.8, 4) is 0 Å². The molecule has 0 amide bonds. The summed E-state index contributed by atoms with van der Waals surface area (Å²) in [5.41, 5.74) is 2.07. The van der Waals surface area contributed by atoms with Crippen molar-refractivity contribution in [1.29, 1.82) is 0 Å². The van der Waals surface area contributed by atoms with Gasteiger partial charge in [0.1, 0.15) is 11.0 Å². The largest absolute Gasteiger partial charge is 0.351 e. The van der Waals surface area contributed by atoms with Crippen molar-refractivity contribution in [2.24, 2.45) is 0 Å². The maximum atomic E-state index is 5.92. The number of halogens is 1. The van der Waals surface area contributed by atoms with Gasteiger partial charge in [0.05, 0.1) is 12.2 Å². The zero-order valence-electron chi connectivity index (χ0n) is 10.6. The van der Waals surface area contributed by atoms with Gasteiger partial charge in [0.25, 0.3) is 0 Å². The second-order valence-corrected chi connectivity index (χ2v) is 4.49. The third-order valence-electron chi connectivity index (χ3n) is 2.70. The van der Waals surface area contributed by atoms with E-state index in [-0.39, 0.29) is 0 Å². The Hall–Kier alpha value is -1.61. The number of pyridine rings is 2. The molecule has 2 aromatic rings. The average molecular weight is 262 g/mol. The van der Waals surface area contributed by atoms with Gasteiger partial charge in [-0.25, -0.2) is 4.98 Å². The van der Waals surface area contributed by atoms with E-state index in [9.17, 15) is 0 Å². The highest BCUT2D eigenvalue weighted by Crippen LogP contribution is 2.16. The number of aryl methyl sites for hydroxylation is 1. The van der Waals surface area contributed by atoms with Crippen LogP contribution >= 0.6 is 11.6 Å². The van der Waals surface area contributed by atoms with Gasteiger partial charge in [0.15, 0.2) is 0 Å². The van der Waals surface area contributed by atoms with Crippen LogP contribution in [0.25, 0.3) is 0 Å². The van der Waals surface area contributed by atoms with Crippen molar-refractivity contribution < 1.29 is 0 Å². The van der Waals surface area contributed by atoms with E-state index >= 15 is 0 Å². The fraction of sp³-hybridized carbons (Fsp3) is 0.286. The molecule has 2 aromatic heterocycles. The lowest BCUT2D eigenvalue weighted by Crippen LogP contribution is -2.23. The molecule has 0 saturated carbocycles. The van der Waals surface area contributed by atoms with Gasteiger partial charge < -0.3 is 4.90 Å². The molecule has 0 bridgehead atoms. The smallest absolute Gasteiger partial charge is 0.131 e. The lowest BCUT2D eigenvalue weighted by atomic mass is 10.3. The normalized spacial score (nSPS) is 10.4. The topological polar surface area (TPSA) is 29.0 Å². The van der Waals surface area contributed by atoms with Gasteiger partial charge in [-0.3, -0.25) is 4.98 Å². The second-order valence-electron chi connectivity index (χ2n) is 4.10. The van der Waals surface area contributed by atoms with Gasteiger partial charge in [-0.05, 0) is 38.1 Å². The monoisotopic (exact) mass is 261 g/mol. The summed E-state index contributed by atoms with van der Waals surface area (Å²) >= 11 is 5.92. The molecule has 0 radical (unpaired) electrons. The third-order valence-corrected chi connectivity index (χ3v) is 2.92.